The SMILES string of the molecule is CC1(C)OB(c2ccc(N)c(O[Si](C)(C)C(C)(C)C)c2)OC1(C)C. The minimum Gasteiger partial charge on any atom is -0.542 e. The standard InChI is InChI=1S/C18H32BNO3Si/c1-16(2,3)24(8,9)21-15-12-13(10-11-14(15)20)19-22-17(4,5)18(6,7)23-19/h10-12H,20H2,1-9H3. The molecule has 0 bridgehead atoms. The van der Waals surface area contributed by atoms with Gasteiger partial charge in [0.05, 0.1) is 16.9 Å². The van der Waals surface area contributed by atoms with Crippen molar-refractivity contribution in [1.29, 1.82) is 0 Å². The molecule has 134 valence electrons. The van der Waals surface area contributed by atoms with Crippen LogP contribution >= 0.6 is 0 Å². The van der Waals surface area contributed by atoms with Gasteiger partial charge in [-0.3, -0.25) is 0 Å². The predicted molar refractivity (Wildman–Crippen MR) is 104 cm³/mol. The summed E-state index contributed by atoms with van der Waals surface area (Å²) < 4.78 is 18.7. The van der Waals surface area contributed by atoms with Crippen molar-refractivity contribution in [3.8, 4) is 5.75 Å². The van der Waals surface area contributed by atoms with E-state index in [0.717, 1.165) is 11.2 Å². The fourth-order valence-corrected chi connectivity index (χ4v) is 3.23. The van der Waals surface area contributed by atoms with Gasteiger partial charge in [0.25, 0.3) is 8.32 Å². The minimum atomic E-state index is -1.96. The molecule has 24 heavy (non-hydrogen) atoms. The first-order valence-corrected chi connectivity index (χ1v) is 11.5. The fraction of sp³-hybridized carbons (Fsp3) is 0.667. The Morgan fingerprint density at radius 1 is 1.04 bits per heavy atom. The number of hydrogen-bond donors (Lipinski definition) is 1. The molecule has 2 N–H and O–H groups in total. The van der Waals surface area contributed by atoms with Gasteiger partial charge in [-0.25, -0.2) is 0 Å². The lowest BCUT2D eigenvalue weighted by Crippen LogP contribution is -2.44. The minimum absolute atomic E-state index is 0.111. The summed E-state index contributed by atoms with van der Waals surface area (Å²) in [6.45, 7) is 19.3. The van der Waals surface area contributed by atoms with Gasteiger partial charge in [-0.15, -0.1) is 0 Å². The lowest BCUT2D eigenvalue weighted by atomic mass is 9.79. The van der Waals surface area contributed by atoms with Crippen molar-refractivity contribution >= 4 is 26.6 Å². The van der Waals surface area contributed by atoms with Crippen molar-refractivity contribution in [3.05, 3.63) is 18.2 Å². The smallest absolute Gasteiger partial charge is 0.494 e. The predicted octanol–water partition coefficient (Wildman–Crippen LogP) is 3.95. The van der Waals surface area contributed by atoms with Crippen LogP contribution in [0, 0.1) is 0 Å². The molecule has 0 spiro atoms. The van der Waals surface area contributed by atoms with E-state index in [4.69, 9.17) is 19.5 Å². The molecule has 1 aromatic rings. The van der Waals surface area contributed by atoms with Crippen LogP contribution in [0.3, 0.4) is 0 Å². The zero-order valence-electron chi connectivity index (χ0n) is 16.6. The molecule has 0 unspecified atom stereocenters. The second kappa shape index (κ2) is 5.78. The number of benzene rings is 1. The van der Waals surface area contributed by atoms with Gasteiger partial charge >= 0.3 is 7.12 Å². The average molecular weight is 349 g/mol. The van der Waals surface area contributed by atoms with Gasteiger partial charge in [-0.2, -0.15) is 0 Å². The Bertz CT molecular complexity index is 607. The van der Waals surface area contributed by atoms with E-state index in [-0.39, 0.29) is 16.2 Å². The lowest BCUT2D eigenvalue weighted by Gasteiger charge is -2.36. The highest BCUT2D eigenvalue weighted by Crippen LogP contribution is 2.39. The summed E-state index contributed by atoms with van der Waals surface area (Å²) in [6, 6.07) is 5.80. The highest BCUT2D eigenvalue weighted by molar-refractivity contribution is 6.74. The number of rotatable bonds is 3. The summed E-state index contributed by atoms with van der Waals surface area (Å²) in [5.74, 6) is 0.730. The van der Waals surface area contributed by atoms with Crippen LogP contribution in [-0.2, 0) is 9.31 Å². The number of nitrogen functional groups attached to an aromatic ring is 1. The van der Waals surface area contributed by atoms with E-state index in [1.807, 2.05) is 18.2 Å². The van der Waals surface area contributed by atoms with Gasteiger partial charge in [0, 0.05) is 0 Å². The maximum atomic E-state index is 6.40. The van der Waals surface area contributed by atoms with Crippen LogP contribution in [0.25, 0.3) is 0 Å². The summed E-state index contributed by atoms with van der Waals surface area (Å²) in [4.78, 5) is 0. The molecule has 1 aromatic carbocycles. The molecule has 2 rings (SSSR count). The van der Waals surface area contributed by atoms with Crippen molar-refractivity contribution in [2.45, 2.75) is 77.8 Å². The molecule has 6 heteroatoms. The number of anilines is 1. The molecule has 0 aromatic heterocycles. The zero-order valence-corrected chi connectivity index (χ0v) is 17.6. The average Bonchev–Trinajstić information content (AvgIpc) is 2.59. The molecule has 1 aliphatic rings. The normalized spacial score (nSPS) is 20.3. The Labute approximate surface area is 148 Å². The van der Waals surface area contributed by atoms with Crippen LogP contribution in [0.5, 0.6) is 5.75 Å². The summed E-state index contributed by atoms with van der Waals surface area (Å²) in [5, 5.41) is 0.111. The molecular weight excluding hydrogens is 317 g/mol. The molecule has 4 nitrogen and oxygen atoms in total. The Morgan fingerprint density at radius 2 is 1.54 bits per heavy atom. The quantitative estimate of drug-likeness (QED) is 0.663. The van der Waals surface area contributed by atoms with Crippen LogP contribution < -0.4 is 15.6 Å². The summed E-state index contributed by atoms with van der Waals surface area (Å²) >= 11 is 0. The fourth-order valence-electron chi connectivity index (χ4n) is 2.19. The van der Waals surface area contributed by atoms with Crippen molar-refractivity contribution in [3.63, 3.8) is 0 Å². The van der Waals surface area contributed by atoms with E-state index < -0.39 is 15.4 Å². The second-order valence-corrected chi connectivity index (χ2v) is 14.0. The summed E-state index contributed by atoms with van der Waals surface area (Å²) in [6.07, 6.45) is 0. The molecule has 1 saturated heterocycles. The Balaban J connectivity index is 2.31. The number of nitrogens with two attached hydrogens (primary N) is 1. The molecule has 0 amide bonds. The van der Waals surface area contributed by atoms with E-state index in [1.165, 1.54) is 0 Å². The van der Waals surface area contributed by atoms with E-state index in [2.05, 4.69) is 61.6 Å². The number of hydrogen-bond acceptors (Lipinski definition) is 4. The van der Waals surface area contributed by atoms with Crippen molar-refractivity contribution in [1.82, 2.24) is 0 Å². The van der Waals surface area contributed by atoms with Crippen LogP contribution in [0.15, 0.2) is 18.2 Å². The van der Waals surface area contributed by atoms with Gasteiger partial charge in [0.1, 0.15) is 5.75 Å². The maximum Gasteiger partial charge on any atom is 0.494 e. The molecule has 0 atom stereocenters. The highest BCUT2D eigenvalue weighted by Gasteiger charge is 2.52. The van der Waals surface area contributed by atoms with Gasteiger partial charge < -0.3 is 19.5 Å². The first-order chi connectivity index (χ1) is 10.7. The van der Waals surface area contributed by atoms with Crippen LogP contribution in [0.1, 0.15) is 48.5 Å². The van der Waals surface area contributed by atoms with E-state index >= 15 is 0 Å². The molecule has 0 radical (unpaired) electrons. The van der Waals surface area contributed by atoms with Gasteiger partial charge in [0.15, 0.2) is 0 Å². The van der Waals surface area contributed by atoms with Crippen LogP contribution in [-0.4, -0.2) is 26.6 Å². The molecule has 1 fully saturated rings. The molecule has 1 heterocycles. The van der Waals surface area contributed by atoms with Crippen LogP contribution in [0.2, 0.25) is 18.1 Å². The molecular formula is C18H32BNO3Si. The zero-order chi connectivity index (χ0) is 18.6. The van der Waals surface area contributed by atoms with Crippen molar-refractivity contribution < 1.29 is 13.7 Å². The van der Waals surface area contributed by atoms with Crippen molar-refractivity contribution in [2.24, 2.45) is 0 Å². The third-order valence-electron chi connectivity index (χ3n) is 5.73. The Kier molecular flexibility index (Phi) is 4.66. The summed E-state index contributed by atoms with van der Waals surface area (Å²) in [5.41, 5.74) is 7.03. The Morgan fingerprint density at radius 3 is 2.00 bits per heavy atom. The summed E-state index contributed by atoms with van der Waals surface area (Å²) in [7, 11) is -2.36. The largest absolute Gasteiger partial charge is 0.542 e. The van der Waals surface area contributed by atoms with Gasteiger partial charge in [0.2, 0.25) is 0 Å². The van der Waals surface area contributed by atoms with Crippen LogP contribution in [0.4, 0.5) is 5.69 Å². The molecule has 1 aliphatic heterocycles. The monoisotopic (exact) mass is 349 g/mol. The first kappa shape index (κ1) is 19.3. The van der Waals surface area contributed by atoms with Crippen molar-refractivity contribution in [2.75, 3.05) is 5.73 Å². The topological polar surface area (TPSA) is 53.7 Å². The first-order valence-electron chi connectivity index (χ1n) is 8.60. The maximum absolute atomic E-state index is 6.40. The third kappa shape index (κ3) is 3.51. The second-order valence-electron chi connectivity index (χ2n) is 9.25. The van der Waals surface area contributed by atoms with Gasteiger partial charge in [-0.1, -0.05) is 26.8 Å². The highest BCUT2D eigenvalue weighted by atomic mass is 28.4. The van der Waals surface area contributed by atoms with E-state index in [1.54, 1.807) is 0 Å². The van der Waals surface area contributed by atoms with E-state index in [0.29, 0.717) is 5.69 Å². The molecule has 0 saturated carbocycles. The van der Waals surface area contributed by atoms with E-state index in [9.17, 15) is 0 Å². The lowest BCUT2D eigenvalue weighted by molar-refractivity contribution is 0.00578. The van der Waals surface area contributed by atoms with Gasteiger partial charge in [-0.05, 0) is 63.4 Å². The molecule has 0 aliphatic carbocycles. The Hall–Kier alpha value is -0.978. The third-order valence-corrected chi connectivity index (χ3v) is 10.1.